The third-order valence-corrected chi connectivity index (χ3v) is 5.18. The van der Waals surface area contributed by atoms with Crippen LogP contribution in [0.5, 0.6) is 0 Å². The summed E-state index contributed by atoms with van der Waals surface area (Å²) in [5.74, 6) is 1.79. The van der Waals surface area contributed by atoms with Gasteiger partial charge in [-0.25, -0.2) is 0 Å². The predicted octanol–water partition coefficient (Wildman–Crippen LogP) is 2.30. The van der Waals surface area contributed by atoms with E-state index in [9.17, 15) is 0 Å². The monoisotopic (exact) mass is 315 g/mol. The number of ether oxygens (including phenoxy) is 1. The van der Waals surface area contributed by atoms with Crippen molar-refractivity contribution in [3.05, 3.63) is 45.6 Å². The van der Waals surface area contributed by atoms with Crippen molar-refractivity contribution < 1.29 is 4.74 Å². The predicted molar refractivity (Wildman–Crippen MR) is 83.2 cm³/mol. The van der Waals surface area contributed by atoms with Gasteiger partial charge < -0.3 is 4.74 Å². The Labute approximate surface area is 132 Å². The molecule has 0 saturated heterocycles. The standard InChI is InChI=1S/C15H17N5OS/c1-9-12(4-11-5-16-19(3)6-11)13-7-21-8-14-18-17-10(2)20(14)15(13)22-9/h5-6H,4,7-8H2,1-3H3. The molecule has 0 bridgehead atoms. The highest BCUT2D eigenvalue weighted by Crippen LogP contribution is 2.36. The fourth-order valence-electron chi connectivity index (χ4n) is 2.95. The molecule has 3 aromatic heterocycles. The molecule has 0 atom stereocenters. The highest BCUT2D eigenvalue weighted by molar-refractivity contribution is 7.14. The summed E-state index contributed by atoms with van der Waals surface area (Å²) in [6.45, 7) is 5.29. The first-order chi connectivity index (χ1) is 10.6. The van der Waals surface area contributed by atoms with Gasteiger partial charge in [0.15, 0.2) is 5.82 Å². The zero-order valence-electron chi connectivity index (χ0n) is 12.8. The van der Waals surface area contributed by atoms with Crippen LogP contribution >= 0.6 is 11.3 Å². The van der Waals surface area contributed by atoms with Crippen LogP contribution in [0.4, 0.5) is 0 Å². The van der Waals surface area contributed by atoms with Crippen molar-refractivity contribution in [2.24, 2.45) is 7.05 Å². The Hall–Kier alpha value is -1.99. The van der Waals surface area contributed by atoms with Gasteiger partial charge in [-0.15, -0.1) is 21.5 Å². The van der Waals surface area contributed by atoms with Gasteiger partial charge in [0.05, 0.1) is 12.8 Å². The van der Waals surface area contributed by atoms with E-state index in [1.165, 1.54) is 26.6 Å². The van der Waals surface area contributed by atoms with Gasteiger partial charge in [0.2, 0.25) is 0 Å². The van der Waals surface area contributed by atoms with Gasteiger partial charge in [-0.05, 0) is 25.0 Å². The summed E-state index contributed by atoms with van der Waals surface area (Å²) in [6, 6.07) is 0. The lowest BCUT2D eigenvalue weighted by Crippen LogP contribution is -2.00. The lowest BCUT2D eigenvalue weighted by atomic mass is 10.0. The minimum Gasteiger partial charge on any atom is -0.369 e. The molecule has 0 aliphatic carbocycles. The normalized spacial score (nSPS) is 13.8. The van der Waals surface area contributed by atoms with Gasteiger partial charge in [-0.1, -0.05) is 0 Å². The van der Waals surface area contributed by atoms with Crippen LogP contribution in [0.25, 0.3) is 5.00 Å². The van der Waals surface area contributed by atoms with Crippen LogP contribution < -0.4 is 0 Å². The van der Waals surface area contributed by atoms with E-state index in [-0.39, 0.29) is 0 Å². The Balaban J connectivity index is 1.83. The van der Waals surface area contributed by atoms with Crippen molar-refractivity contribution in [3.8, 4) is 5.00 Å². The molecule has 22 heavy (non-hydrogen) atoms. The second-order valence-electron chi connectivity index (χ2n) is 5.61. The van der Waals surface area contributed by atoms with Crippen molar-refractivity contribution in [2.75, 3.05) is 0 Å². The first-order valence-corrected chi connectivity index (χ1v) is 8.03. The number of aromatic nitrogens is 5. The summed E-state index contributed by atoms with van der Waals surface area (Å²) >= 11 is 1.79. The summed E-state index contributed by atoms with van der Waals surface area (Å²) < 4.78 is 9.79. The zero-order valence-corrected chi connectivity index (χ0v) is 13.6. The van der Waals surface area contributed by atoms with Gasteiger partial charge in [-0.3, -0.25) is 9.25 Å². The molecular weight excluding hydrogens is 298 g/mol. The molecule has 114 valence electrons. The zero-order chi connectivity index (χ0) is 15.3. The fraction of sp³-hybridized carbons (Fsp3) is 0.400. The molecule has 0 aromatic carbocycles. The molecule has 0 spiro atoms. The summed E-state index contributed by atoms with van der Waals surface area (Å²) in [6.07, 6.45) is 4.87. The summed E-state index contributed by atoms with van der Waals surface area (Å²) in [4.78, 5) is 1.32. The lowest BCUT2D eigenvalue weighted by molar-refractivity contribution is 0.104. The number of nitrogens with zero attached hydrogens (tertiary/aromatic N) is 5. The van der Waals surface area contributed by atoms with Gasteiger partial charge in [-0.2, -0.15) is 5.10 Å². The molecular formula is C15H17N5OS. The van der Waals surface area contributed by atoms with Gasteiger partial charge in [0.25, 0.3) is 0 Å². The summed E-state index contributed by atoms with van der Waals surface area (Å²) in [5, 5.41) is 13.9. The van der Waals surface area contributed by atoms with Crippen LogP contribution in [0.2, 0.25) is 0 Å². The number of thiophene rings is 1. The van der Waals surface area contributed by atoms with Crippen LogP contribution in [0, 0.1) is 13.8 Å². The van der Waals surface area contributed by atoms with E-state index in [1.54, 1.807) is 11.3 Å². The average Bonchev–Trinajstić information content (AvgIpc) is 3.09. The van der Waals surface area contributed by atoms with Gasteiger partial charge in [0.1, 0.15) is 17.4 Å². The molecule has 4 heterocycles. The molecule has 1 aliphatic heterocycles. The Morgan fingerprint density at radius 2 is 2.14 bits per heavy atom. The molecule has 0 N–H and O–H groups in total. The minimum atomic E-state index is 0.508. The summed E-state index contributed by atoms with van der Waals surface area (Å²) in [7, 11) is 1.94. The van der Waals surface area contributed by atoms with Crippen LogP contribution in [0.3, 0.4) is 0 Å². The Bertz CT molecular complexity index is 844. The topological polar surface area (TPSA) is 57.8 Å². The molecule has 0 saturated carbocycles. The second kappa shape index (κ2) is 5.03. The number of fused-ring (bicyclic) bond motifs is 3. The Morgan fingerprint density at radius 1 is 1.27 bits per heavy atom. The van der Waals surface area contributed by atoms with Gasteiger partial charge in [0, 0.05) is 30.1 Å². The van der Waals surface area contributed by atoms with E-state index in [4.69, 9.17) is 4.74 Å². The van der Waals surface area contributed by atoms with Crippen LogP contribution in [0.15, 0.2) is 12.4 Å². The molecule has 6 nitrogen and oxygen atoms in total. The second-order valence-corrected chi connectivity index (χ2v) is 6.81. The number of rotatable bonds is 2. The molecule has 4 rings (SSSR count). The SMILES string of the molecule is Cc1sc2c(c1Cc1cnn(C)c1)COCc1nnc(C)n1-2. The average molecular weight is 315 g/mol. The minimum absolute atomic E-state index is 0.508. The summed E-state index contributed by atoms with van der Waals surface area (Å²) in [5.41, 5.74) is 3.82. The maximum absolute atomic E-state index is 5.82. The van der Waals surface area contributed by atoms with Crippen molar-refractivity contribution in [2.45, 2.75) is 33.5 Å². The number of hydrogen-bond acceptors (Lipinski definition) is 5. The maximum Gasteiger partial charge on any atom is 0.164 e. The molecule has 0 fully saturated rings. The van der Waals surface area contributed by atoms with Crippen LogP contribution in [-0.4, -0.2) is 24.5 Å². The quantitative estimate of drug-likeness (QED) is 0.728. The first-order valence-electron chi connectivity index (χ1n) is 7.21. The smallest absolute Gasteiger partial charge is 0.164 e. The molecule has 1 aliphatic rings. The molecule has 0 unspecified atom stereocenters. The fourth-order valence-corrected chi connectivity index (χ4v) is 4.19. The van der Waals surface area contributed by atoms with E-state index < -0.39 is 0 Å². The Kier molecular flexibility index (Phi) is 3.12. The van der Waals surface area contributed by atoms with Crippen molar-refractivity contribution in [1.29, 1.82) is 0 Å². The molecule has 7 heteroatoms. The highest BCUT2D eigenvalue weighted by Gasteiger charge is 2.24. The van der Waals surface area contributed by atoms with E-state index in [2.05, 4.69) is 33.0 Å². The highest BCUT2D eigenvalue weighted by atomic mass is 32.1. The Morgan fingerprint density at radius 3 is 2.91 bits per heavy atom. The number of aryl methyl sites for hydroxylation is 3. The molecule has 0 radical (unpaired) electrons. The lowest BCUT2D eigenvalue weighted by Gasteiger charge is -2.05. The van der Waals surface area contributed by atoms with Crippen LogP contribution in [-0.2, 0) is 31.4 Å². The van der Waals surface area contributed by atoms with Crippen molar-refractivity contribution >= 4 is 11.3 Å². The third kappa shape index (κ3) is 2.08. The van der Waals surface area contributed by atoms with Gasteiger partial charge >= 0.3 is 0 Å². The molecule has 3 aromatic rings. The maximum atomic E-state index is 5.82. The van der Waals surface area contributed by atoms with E-state index in [1.807, 2.05) is 24.9 Å². The first kappa shape index (κ1) is 13.7. The third-order valence-electron chi connectivity index (χ3n) is 4.01. The van der Waals surface area contributed by atoms with E-state index in [0.29, 0.717) is 13.2 Å². The van der Waals surface area contributed by atoms with Crippen molar-refractivity contribution in [3.63, 3.8) is 0 Å². The van der Waals surface area contributed by atoms with E-state index >= 15 is 0 Å². The molecule has 0 amide bonds. The van der Waals surface area contributed by atoms with Crippen molar-refractivity contribution in [1.82, 2.24) is 24.5 Å². The number of hydrogen-bond donors (Lipinski definition) is 0. The van der Waals surface area contributed by atoms with E-state index in [0.717, 1.165) is 18.1 Å². The van der Waals surface area contributed by atoms with Crippen LogP contribution in [0.1, 0.15) is 33.2 Å². The largest absolute Gasteiger partial charge is 0.369 e.